The van der Waals surface area contributed by atoms with Gasteiger partial charge in [0.1, 0.15) is 24.6 Å². The van der Waals surface area contributed by atoms with Gasteiger partial charge in [-0.1, -0.05) is 36.4 Å². The predicted molar refractivity (Wildman–Crippen MR) is 106 cm³/mol. The molecule has 2 aliphatic rings. The summed E-state index contributed by atoms with van der Waals surface area (Å²) in [4.78, 5) is 13.9. The lowest BCUT2D eigenvalue weighted by molar-refractivity contribution is -0.0253. The Morgan fingerprint density at radius 2 is 1.86 bits per heavy atom. The number of aryl methyl sites for hydroxylation is 2. The second kappa shape index (κ2) is 8.65. The van der Waals surface area contributed by atoms with E-state index in [1.54, 1.807) is 4.90 Å². The van der Waals surface area contributed by atoms with Crippen LogP contribution in [0.2, 0.25) is 0 Å². The second-order valence-electron chi connectivity index (χ2n) is 7.64. The van der Waals surface area contributed by atoms with Crippen LogP contribution >= 0.6 is 0 Å². The Kier molecular flexibility index (Phi) is 5.81. The monoisotopic (exact) mass is 381 g/mol. The van der Waals surface area contributed by atoms with E-state index in [9.17, 15) is 9.90 Å². The van der Waals surface area contributed by atoms with Crippen LogP contribution in [0, 0.1) is 0 Å². The molecule has 2 aromatic rings. The summed E-state index contributed by atoms with van der Waals surface area (Å²) in [6.45, 7) is 0.977. The molecule has 0 aromatic heterocycles. The van der Waals surface area contributed by atoms with Gasteiger partial charge in [0.25, 0.3) is 0 Å². The summed E-state index contributed by atoms with van der Waals surface area (Å²) >= 11 is 0. The Labute approximate surface area is 165 Å². The van der Waals surface area contributed by atoms with Gasteiger partial charge in [0.05, 0.1) is 6.54 Å². The molecule has 1 amide bonds. The van der Waals surface area contributed by atoms with Gasteiger partial charge < -0.3 is 19.5 Å². The number of fused-ring (bicyclic) bond motifs is 1. The first-order valence-corrected chi connectivity index (χ1v) is 10.1. The number of rotatable bonds is 4. The largest absolute Gasteiger partial charge is 0.488 e. The van der Waals surface area contributed by atoms with Crippen LogP contribution in [-0.2, 0) is 24.2 Å². The number of nitrogens with zero attached hydrogens (tertiary/aromatic N) is 1. The number of hydrogen-bond acceptors (Lipinski definition) is 4. The highest BCUT2D eigenvalue weighted by Gasteiger charge is 2.32. The van der Waals surface area contributed by atoms with Gasteiger partial charge in [-0.25, -0.2) is 4.79 Å². The molecular weight excluding hydrogens is 354 g/mol. The molecule has 5 nitrogen and oxygen atoms in total. The number of benzene rings is 2. The van der Waals surface area contributed by atoms with Gasteiger partial charge >= 0.3 is 6.09 Å². The molecule has 1 heterocycles. The first-order valence-electron chi connectivity index (χ1n) is 10.1. The molecule has 4 rings (SSSR count). The van der Waals surface area contributed by atoms with Crippen molar-refractivity contribution in [3.8, 4) is 5.75 Å². The number of piperidine rings is 1. The number of aliphatic hydroxyl groups excluding tert-OH is 1. The first-order chi connectivity index (χ1) is 13.7. The number of aliphatic hydroxyl groups is 1. The van der Waals surface area contributed by atoms with Gasteiger partial charge in [-0.15, -0.1) is 0 Å². The molecule has 0 spiro atoms. The summed E-state index contributed by atoms with van der Waals surface area (Å²) in [5, 5.41) is 10.5. The number of amides is 1. The van der Waals surface area contributed by atoms with Crippen molar-refractivity contribution in [2.24, 2.45) is 0 Å². The number of carbonyl (C=O) groups excluding carboxylic acids is 1. The quantitative estimate of drug-likeness (QED) is 0.877. The maximum atomic E-state index is 12.3. The standard InChI is InChI=1S/C23H27NO4/c25-21-15-24(23(26)27-16-17-6-2-1-3-7-17)13-12-22(21)28-20-11-10-18-8-4-5-9-19(18)14-20/h1-3,6-7,10-11,14,21-22,25H,4-5,8-9,12-13,15-16H2/t21-,22-/m0/s1. The molecule has 2 atom stereocenters. The van der Waals surface area contributed by atoms with Gasteiger partial charge in [-0.3, -0.25) is 0 Å². The Bertz CT molecular complexity index is 808. The minimum atomic E-state index is -0.728. The Morgan fingerprint density at radius 3 is 2.64 bits per heavy atom. The van der Waals surface area contributed by atoms with Crippen LogP contribution in [0.1, 0.15) is 36.0 Å². The third-order valence-electron chi connectivity index (χ3n) is 5.59. The van der Waals surface area contributed by atoms with Crippen molar-refractivity contribution in [3.63, 3.8) is 0 Å². The van der Waals surface area contributed by atoms with E-state index in [2.05, 4.69) is 12.1 Å². The number of hydrogen-bond donors (Lipinski definition) is 1. The van der Waals surface area contributed by atoms with Gasteiger partial charge in [-0.2, -0.15) is 0 Å². The maximum absolute atomic E-state index is 12.3. The highest BCUT2D eigenvalue weighted by Crippen LogP contribution is 2.27. The van der Waals surface area contributed by atoms with Crippen molar-refractivity contribution in [3.05, 3.63) is 65.2 Å². The fourth-order valence-electron chi connectivity index (χ4n) is 3.98. The van der Waals surface area contributed by atoms with Gasteiger partial charge in [0.15, 0.2) is 0 Å². The Hall–Kier alpha value is -2.53. The average molecular weight is 381 g/mol. The van der Waals surface area contributed by atoms with Crippen LogP contribution in [0.3, 0.4) is 0 Å². The zero-order chi connectivity index (χ0) is 19.3. The predicted octanol–water partition coefficient (Wildman–Crippen LogP) is 3.72. The lowest BCUT2D eigenvalue weighted by Crippen LogP contribution is -2.51. The zero-order valence-corrected chi connectivity index (χ0v) is 16.0. The van der Waals surface area contributed by atoms with Crippen molar-refractivity contribution in [1.29, 1.82) is 0 Å². The number of β-amino-alcohol motifs (C(OH)–C–C–N with tert-alkyl or cyclic N) is 1. The average Bonchev–Trinajstić information content (AvgIpc) is 2.74. The Morgan fingerprint density at radius 1 is 1.07 bits per heavy atom. The molecule has 5 heteroatoms. The summed E-state index contributed by atoms with van der Waals surface area (Å²) in [5.74, 6) is 0.810. The van der Waals surface area contributed by atoms with E-state index in [1.807, 2.05) is 36.4 Å². The first kappa shape index (κ1) is 18.8. The molecule has 1 aliphatic carbocycles. The minimum absolute atomic E-state index is 0.225. The summed E-state index contributed by atoms with van der Waals surface area (Å²) in [6, 6.07) is 15.8. The molecule has 1 aliphatic heterocycles. The van der Waals surface area contributed by atoms with Gasteiger partial charge in [-0.05, 0) is 54.5 Å². The highest BCUT2D eigenvalue weighted by atomic mass is 16.6. The van der Waals surface area contributed by atoms with E-state index >= 15 is 0 Å². The SMILES string of the molecule is O=C(OCc1ccccc1)N1CC[C@H](Oc2ccc3c(c2)CCCC3)[C@@H](O)C1. The molecule has 0 bridgehead atoms. The minimum Gasteiger partial charge on any atom is -0.488 e. The van der Waals surface area contributed by atoms with Gasteiger partial charge in [0.2, 0.25) is 0 Å². The molecule has 2 aromatic carbocycles. The van der Waals surface area contributed by atoms with Crippen molar-refractivity contribution in [2.75, 3.05) is 13.1 Å². The fraction of sp³-hybridized carbons (Fsp3) is 0.435. The lowest BCUT2D eigenvalue weighted by atomic mass is 9.92. The zero-order valence-electron chi connectivity index (χ0n) is 16.0. The van der Waals surface area contributed by atoms with Crippen LogP contribution in [-0.4, -0.2) is 41.4 Å². The molecule has 148 valence electrons. The highest BCUT2D eigenvalue weighted by molar-refractivity contribution is 5.67. The number of ether oxygens (including phenoxy) is 2. The van der Waals surface area contributed by atoms with Crippen LogP contribution in [0.25, 0.3) is 0 Å². The van der Waals surface area contributed by atoms with Crippen molar-refractivity contribution in [2.45, 2.75) is 50.9 Å². The van der Waals surface area contributed by atoms with Gasteiger partial charge in [0, 0.05) is 13.0 Å². The smallest absolute Gasteiger partial charge is 0.410 e. The van der Waals surface area contributed by atoms with Crippen molar-refractivity contribution < 1.29 is 19.4 Å². The van der Waals surface area contributed by atoms with E-state index < -0.39 is 12.2 Å². The van der Waals surface area contributed by atoms with Crippen molar-refractivity contribution >= 4 is 6.09 Å². The van der Waals surface area contributed by atoms with E-state index in [4.69, 9.17) is 9.47 Å². The number of carbonyl (C=O) groups is 1. The third-order valence-corrected chi connectivity index (χ3v) is 5.59. The van der Waals surface area contributed by atoms with E-state index in [0.29, 0.717) is 13.0 Å². The van der Waals surface area contributed by atoms with E-state index in [-0.39, 0.29) is 19.3 Å². The molecule has 0 unspecified atom stereocenters. The van der Waals surface area contributed by atoms with Crippen LogP contribution in [0.5, 0.6) is 5.75 Å². The number of likely N-dealkylation sites (tertiary alicyclic amines) is 1. The molecular formula is C23H27NO4. The lowest BCUT2D eigenvalue weighted by Gasteiger charge is -2.35. The second-order valence-corrected chi connectivity index (χ2v) is 7.64. The van der Waals surface area contributed by atoms with Crippen LogP contribution in [0.4, 0.5) is 4.79 Å². The normalized spacial score (nSPS) is 21.7. The van der Waals surface area contributed by atoms with Crippen molar-refractivity contribution in [1.82, 2.24) is 4.90 Å². The van der Waals surface area contributed by atoms with E-state index in [1.165, 1.54) is 24.0 Å². The fourth-order valence-corrected chi connectivity index (χ4v) is 3.98. The summed E-state index contributed by atoms with van der Waals surface area (Å²) in [6.07, 6.45) is 3.87. The van der Waals surface area contributed by atoms with E-state index in [0.717, 1.165) is 24.2 Å². The third kappa shape index (κ3) is 4.47. The molecule has 28 heavy (non-hydrogen) atoms. The summed E-state index contributed by atoms with van der Waals surface area (Å²) < 4.78 is 11.4. The molecule has 1 N–H and O–H groups in total. The maximum Gasteiger partial charge on any atom is 0.410 e. The molecule has 1 fully saturated rings. The summed E-state index contributed by atoms with van der Waals surface area (Å²) in [5.41, 5.74) is 3.72. The molecule has 0 radical (unpaired) electrons. The summed E-state index contributed by atoms with van der Waals surface area (Å²) in [7, 11) is 0. The topological polar surface area (TPSA) is 59.0 Å². The van der Waals surface area contributed by atoms with Crippen LogP contribution < -0.4 is 4.74 Å². The Balaban J connectivity index is 1.29. The molecule has 0 saturated carbocycles. The molecule has 1 saturated heterocycles. The van der Waals surface area contributed by atoms with Crippen LogP contribution in [0.15, 0.2) is 48.5 Å².